The molecule has 98 valence electrons. The Morgan fingerprint density at radius 2 is 2.11 bits per heavy atom. The van der Waals surface area contributed by atoms with Crippen LogP contribution in [-0.4, -0.2) is 25.3 Å². The van der Waals surface area contributed by atoms with Crippen LogP contribution in [0.4, 0.5) is 10.1 Å². The van der Waals surface area contributed by atoms with E-state index in [1.54, 1.807) is 12.1 Å². The predicted molar refractivity (Wildman–Crippen MR) is 73.0 cm³/mol. The zero-order valence-electron chi connectivity index (χ0n) is 10.3. The summed E-state index contributed by atoms with van der Waals surface area (Å²) in [4.78, 5) is 1.82. The average molecular weight is 315 g/mol. The third-order valence-corrected chi connectivity index (χ3v) is 3.52. The number of hydrogen-bond acceptors (Lipinski definition) is 3. The number of halogens is 2. The van der Waals surface area contributed by atoms with Crippen LogP contribution in [0.15, 0.2) is 16.6 Å². The molecule has 1 aromatic rings. The summed E-state index contributed by atoms with van der Waals surface area (Å²) < 4.78 is 14.2. The van der Waals surface area contributed by atoms with Gasteiger partial charge in [-0.15, -0.1) is 0 Å². The average Bonchev–Trinajstić information content (AvgIpc) is 2.37. The summed E-state index contributed by atoms with van der Waals surface area (Å²) in [7, 11) is 1.82. The van der Waals surface area contributed by atoms with Crippen molar-refractivity contribution in [3.8, 4) is 6.07 Å². The Morgan fingerprint density at radius 1 is 1.39 bits per heavy atom. The highest BCUT2D eigenvalue weighted by Crippen LogP contribution is 2.28. The standard InChI is InChI=1S/C13H16BrFN2O/c1-17(7-3-2-4-8-18)11-6-5-10(9-16)12(14)13(11)15/h5-6,18H,2-4,7-8H2,1H3. The van der Waals surface area contributed by atoms with Crippen molar-refractivity contribution in [1.82, 2.24) is 0 Å². The molecule has 0 spiro atoms. The van der Waals surface area contributed by atoms with Crippen molar-refractivity contribution in [2.24, 2.45) is 0 Å². The minimum Gasteiger partial charge on any atom is -0.396 e. The second kappa shape index (κ2) is 7.34. The minimum absolute atomic E-state index is 0.195. The molecule has 1 aromatic carbocycles. The number of anilines is 1. The van der Waals surface area contributed by atoms with Gasteiger partial charge in [0.1, 0.15) is 6.07 Å². The zero-order valence-corrected chi connectivity index (χ0v) is 11.9. The van der Waals surface area contributed by atoms with E-state index < -0.39 is 5.82 Å². The van der Waals surface area contributed by atoms with Gasteiger partial charge in [-0.2, -0.15) is 5.26 Å². The van der Waals surface area contributed by atoms with Crippen LogP contribution in [0.1, 0.15) is 24.8 Å². The first-order chi connectivity index (χ1) is 8.61. The van der Waals surface area contributed by atoms with E-state index in [0.717, 1.165) is 25.8 Å². The molecule has 0 fully saturated rings. The summed E-state index contributed by atoms with van der Waals surface area (Å²) in [6.45, 7) is 0.912. The molecule has 0 atom stereocenters. The molecular formula is C13H16BrFN2O. The summed E-state index contributed by atoms with van der Waals surface area (Å²) in [5.41, 5.74) is 0.773. The molecule has 5 heteroatoms. The van der Waals surface area contributed by atoms with Crippen LogP contribution in [0.25, 0.3) is 0 Å². The quantitative estimate of drug-likeness (QED) is 0.821. The molecule has 1 rings (SSSR count). The van der Waals surface area contributed by atoms with Crippen molar-refractivity contribution in [2.75, 3.05) is 25.1 Å². The van der Waals surface area contributed by atoms with Crippen molar-refractivity contribution in [2.45, 2.75) is 19.3 Å². The van der Waals surface area contributed by atoms with Gasteiger partial charge in [-0.25, -0.2) is 4.39 Å². The number of benzene rings is 1. The lowest BCUT2D eigenvalue weighted by Crippen LogP contribution is -2.20. The number of unbranched alkanes of at least 4 members (excludes halogenated alkanes) is 2. The van der Waals surface area contributed by atoms with Crippen molar-refractivity contribution < 1.29 is 9.50 Å². The maximum Gasteiger partial charge on any atom is 0.161 e. The molecule has 3 nitrogen and oxygen atoms in total. The van der Waals surface area contributed by atoms with Gasteiger partial charge in [0.05, 0.1) is 15.7 Å². The molecule has 0 unspecified atom stereocenters. The number of rotatable bonds is 6. The number of aliphatic hydroxyl groups excluding tert-OH is 1. The van der Waals surface area contributed by atoms with E-state index in [9.17, 15) is 4.39 Å². The highest BCUT2D eigenvalue weighted by molar-refractivity contribution is 9.10. The van der Waals surface area contributed by atoms with Gasteiger partial charge in [0.25, 0.3) is 0 Å². The molecule has 18 heavy (non-hydrogen) atoms. The van der Waals surface area contributed by atoms with Gasteiger partial charge >= 0.3 is 0 Å². The second-order valence-electron chi connectivity index (χ2n) is 4.08. The van der Waals surface area contributed by atoms with Gasteiger partial charge in [-0.05, 0) is 47.3 Å². The highest BCUT2D eigenvalue weighted by Gasteiger charge is 2.13. The Kier molecular flexibility index (Phi) is 6.10. The third kappa shape index (κ3) is 3.69. The first-order valence-electron chi connectivity index (χ1n) is 5.82. The Bertz CT molecular complexity index is 445. The normalized spacial score (nSPS) is 10.2. The van der Waals surface area contributed by atoms with Gasteiger partial charge in [0.15, 0.2) is 5.82 Å². The lowest BCUT2D eigenvalue weighted by Gasteiger charge is -2.20. The second-order valence-corrected chi connectivity index (χ2v) is 4.87. The maximum absolute atomic E-state index is 14.0. The number of nitrogens with zero attached hydrogens (tertiary/aromatic N) is 2. The van der Waals surface area contributed by atoms with Crippen LogP contribution >= 0.6 is 15.9 Å². The Morgan fingerprint density at radius 3 is 2.72 bits per heavy atom. The minimum atomic E-state index is -0.404. The van der Waals surface area contributed by atoms with Crippen LogP contribution < -0.4 is 4.90 Å². The molecule has 0 bridgehead atoms. The first kappa shape index (κ1) is 14.9. The molecule has 0 saturated heterocycles. The van der Waals surface area contributed by atoms with Crippen molar-refractivity contribution in [3.05, 3.63) is 28.0 Å². The predicted octanol–water partition coefficient (Wildman–Crippen LogP) is 3.06. The van der Waals surface area contributed by atoms with E-state index >= 15 is 0 Å². The van der Waals surface area contributed by atoms with E-state index in [0.29, 0.717) is 11.3 Å². The Labute approximate surface area is 115 Å². The smallest absolute Gasteiger partial charge is 0.161 e. The van der Waals surface area contributed by atoms with E-state index in [4.69, 9.17) is 10.4 Å². The molecule has 0 heterocycles. The fraction of sp³-hybridized carbons (Fsp3) is 0.462. The lowest BCUT2D eigenvalue weighted by atomic mass is 10.2. The van der Waals surface area contributed by atoms with Crippen molar-refractivity contribution in [3.63, 3.8) is 0 Å². The SMILES string of the molecule is CN(CCCCCO)c1ccc(C#N)c(Br)c1F. The van der Waals surface area contributed by atoms with Crippen LogP contribution in [0.3, 0.4) is 0 Å². The summed E-state index contributed by atoms with van der Waals surface area (Å²) >= 11 is 3.10. The summed E-state index contributed by atoms with van der Waals surface area (Å²) in [6.07, 6.45) is 2.58. The fourth-order valence-corrected chi connectivity index (χ4v) is 2.10. The third-order valence-electron chi connectivity index (χ3n) is 2.75. The molecule has 0 aliphatic carbocycles. The van der Waals surface area contributed by atoms with Crippen molar-refractivity contribution in [1.29, 1.82) is 5.26 Å². The summed E-state index contributed by atoms with van der Waals surface area (Å²) in [6, 6.07) is 5.15. The zero-order chi connectivity index (χ0) is 13.5. The van der Waals surface area contributed by atoms with Gasteiger partial charge in [-0.3, -0.25) is 0 Å². The summed E-state index contributed by atoms with van der Waals surface area (Å²) in [5.74, 6) is -0.404. The monoisotopic (exact) mass is 314 g/mol. The first-order valence-corrected chi connectivity index (χ1v) is 6.61. The fourth-order valence-electron chi connectivity index (χ4n) is 1.68. The van der Waals surface area contributed by atoms with E-state index in [1.165, 1.54) is 0 Å². The van der Waals surface area contributed by atoms with Crippen LogP contribution in [-0.2, 0) is 0 Å². The molecule has 0 aliphatic rings. The molecule has 1 N–H and O–H groups in total. The molecule has 0 radical (unpaired) electrons. The van der Waals surface area contributed by atoms with Crippen LogP contribution in [0.5, 0.6) is 0 Å². The maximum atomic E-state index is 14.0. The topological polar surface area (TPSA) is 47.3 Å². The molecule has 0 saturated carbocycles. The summed E-state index contributed by atoms with van der Waals surface area (Å²) in [5, 5.41) is 17.5. The largest absolute Gasteiger partial charge is 0.396 e. The van der Waals surface area contributed by atoms with E-state index in [1.807, 2.05) is 18.0 Å². The van der Waals surface area contributed by atoms with Crippen LogP contribution in [0.2, 0.25) is 0 Å². The van der Waals surface area contributed by atoms with Crippen LogP contribution in [0, 0.1) is 17.1 Å². The molecular weight excluding hydrogens is 299 g/mol. The van der Waals surface area contributed by atoms with Crippen molar-refractivity contribution >= 4 is 21.6 Å². The van der Waals surface area contributed by atoms with Gasteiger partial charge < -0.3 is 10.0 Å². The van der Waals surface area contributed by atoms with Gasteiger partial charge in [0, 0.05) is 20.2 Å². The molecule has 0 aliphatic heterocycles. The van der Waals surface area contributed by atoms with Gasteiger partial charge in [-0.1, -0.05) is 0 Å². The highest BCUT2D eigenvalue weighted by atomic mass is 79.9. The molecule has 0 amide bonds. The Hall–Kier alpha value is -1.12. The molecule has 0 aromatic heterocycles. The van der Waals surface area contributed by atoms with E-state index in [2.05, 4.69) is 15.9 Å². The Balaban J connectivity index is 2.72. The van der Waals surface area contributed by atoms with Gasteiger partial charge in [0.2, 0.25) is 0 Å². The lowest BCUT2D eigenvalue weighted by molar-refractivity contribution is 0.283. The number of hydrogen-bond donors (Lipinski definition) is 1. The number of aliphatic hydroxyl groups is 1. The van der Waals surface area contributed by atoms with E-state index in [-0.39, 0.29) is 11.1 Å². The number of nitriles is 1.